The summed E-state index contributed by atoms with van der Waals surface area (Å²) in [6.45, 7) is 1.79. The van der Waals surface area contributed by atoms with Gasteiger partial charge in [0.25, 0.3) is 5.22 Å². The van der Waals surface area contributed by atoms with Gasteiger partial charge in [0.1, 0.15) is 15.7 Å². The van der Waals surface area contributed by atoms with E-state index in [2.05, 4.69) is 10.2 Å². The summed E-state index contributed by atoms with van der Waals surface area (Å²) >= 11 is 10.9. The molecule has 0 fully saturated rings. The predicted octanol–water partition coefficient (Wildman–Crippen LogP) is 5.97. The number of rotatable bonds is 5. The van der Waals surface area contributed by atoms with Crippen molar-refractivity contribution in [2.24, 2.45) is 0 Å². The maximum absolute atomic E-state index is 5.97. The Bertz CT molecular complexity index is 1160. The summed E-state index contributed by atoms with van der Waals surface area (Å²) in [4.78, 5) is 13.4. The van der Waals surface area contributed by atoms with Crippen LogP contribution in [-0.2, 0) is 18.6 Å². The van der Waals surface area contributed by atoms with Crippen LogP contribution < -0.4 is 0 Å². The maximum Gasteiger partial charge on any atom is 0.282 e. The number of fused-ring (bicyclic) bond motifs is 3. The molecule has 0 saturated heterocycles. The average molecular weight is 447 g/mol. The fourth-order valence-electron chi connectivity index (χ4n) is 3.22. The molecule has 0 amide bonds. The van der Waals surface area contributed by atoms with E-state index in [-0.39, 0.29) is 0 Å². The first kappa shape index (κ1) is 18.4. The summed E-state index contributed by atoms with van der Waals surface area (Å²) in [6.07, 6.45) is 3.43. The summed E-state index contributed by atoms with van der Waals surface area (Å²) in [5.74, 6) is 2.06. The van der Waals surface area contributed by atoms with Crippen LogP contribution in [0.2, 0.25) is 5.02 Å². The van der Waals surface area contributed by atoms with Crippen LogP contribution >= 0.6 is 46.5 Å². The van der Waals surface area contributed by atoms with Crippen molar-refractivity contribution in [1.82, 2.24) is 20.2 Å². The molecule has 0 radical (unpaired) electrons. The average Bonchev–Trinajstić information content (AvgIpc) is 3.37. The summed E-state index contributed by atoms with van der Waals surface area (Å²) in [5.41, 5.74) is 1.40. The minimum Gasteiger partial charge on any atom is -0.416 e. The van der Waals surface area contributed by atoms with Gasteiger partial charge < -0.3 is 4.42 Å². The molecule has 0 spiro atoms. The number of thioether (sulfide) groups is 1. The van der Waals surface area contributed by atoms with Gasteiger partial charge in [-0.25, -0.2) is 9.97 Å². The van der Waals surface area contributed by atoms with Crippen LogP contribution in [0, 0.1) is 6.92 Å². The van der Waals surface area contributed by atoms with Gasteiger partial charge in [-0.3, -0.25) is 0 Å². The maximum atomic E-state index is 5.97. The third kappa shape index (κ3) is 3.66. The fourth-order valence-corrected chi connectivity index (χ4v) is 6.33. The lowest BCUT2D eigenvalue weighted by Gasteiger charge is -2.06. The van der Waals surface area contributed by atoms with Crippen LogP contribution in [0.1, 0.15) is 28.6 Å². The molecule has 5 rings (SSSR count). The van der Waals surface area contributed by atoms with Gasteiger partial charge in [-0.2, -0.15) is 0 Å². The lowest BCUT2D eigenvalue weighted by molar-refractivity contribution is 0.429. The van der Waals surface area contributed by atoms with E-state index in [1.807, 2.05) is 24.3 Å². The normalized spacial score (nSPS) is 13.4. The van der Waals surface area contributed by atoms with Crippen LogP contribution in [0.15, 0.2) is 43.8 Å². The highest BCUT2D eigenvalue weighted by molar-refractivity contribution is 7.99. The SMILES string of the molecule is Cc1nnc(Sc2nc(CSc3ccc(Cl)cc3)nc3sc4c(c23)CCC4)o1. The molecule has 0 bridgehead atoms. The largest absolute Gasteiger partial charge is 0.416 e. The number of hydrogen-bond donors (Lipinski definition) is 0. The third-order valence-corrected chi connectivity index (χ3v) is 7.72. The highest BCUT2D eigenvalue weighted by Gasteiger charge is 2.23. The predicted molar refractivity (Wildman–Crippen MR) is 114 cm³/mol. The molecule has 28 heavy (non-hydrogen) atoms. The monoisotopic (exact) mass is 446 g/mol. The Morgan fingerprint density at radius 1 is 1.14 bits per heavy atom. The smallest absolute Gasteiger partial charge is 0.282 e. The molecule has 1 aliphatic rings. The molecule has 0 aliphatic heterocycles. The number of benzene rings is 1. The number of halogens is 1. The van der Waals surface area contributed by atoms with Gasteiger partial charge >= 0.3 is 0 Å². The van der Waals surface area contributed by atoms with Gasteiger partial charge in [-0.1, -0.05) is 11.6 Å². The Morgan fingerprint density at radius 3 is 2.79 bits per heavy atom. The minimum absolute atomic E-state index is 0.520. The molecule has 3 heterocycles. The Kier molecular flexibility index (Phi) is 5.04. The topological polar surface area (TPSA) is 64.7 Å². The van der Waals surface area contributed by atoms with E-state index in [1.54, 1.807) is 30.0 Å². The van der Waals surface area contributed by atoms with E-state index in [0.717, 1.165) is 38.4 Å². The van der Waals surface area contributed by atoms with Crippen molar-refractivity contribution in [2.45, 2.75) is 47.1 Å². The third-order valence-electron chi connectivity index (χ3n) is 4.45. The Hall–Kier alpha value is -1.61. The standard InChI is InChI=1S/C19H15ClN4OS3/c1-10-23-24-19(25-10)28-18-16-13-3-2-4-14(13)27-17(16)21-15(22-18)9-26-12-7-5-11(20)6-8-12/h5-8H,2-4,9H2,1H3. The summed E-state index contributed by atoms with van der Waals surface area (Å²) in [7, 11) is 0. The molecule has 0 unspecified atom stereocenters. The van der Waals surface area contributed by atoms with Crippen LogP contribution in [-0.4, -0.2) is 20.2 Å². The zero-order valence-electron chi connectivity index (χ0n) is 14.9. The van der Waals surface area contributed by atoms with Gasteiger partial charge in [0.05, 0.1) is 5.75 Å². The van der Waals surface area contributed by atoms with Crippen molar-refractivity contribution in [3.63, 3.8) is 0 Å². The van der Waals surface area contributed by atoms with Crippen molar-refractivity contribution in [2.75, 3.05) is 0 Å². The van der Waals surface area contributed by atoms with E-state index in [4.69, 9.17) is 26.0 Å². The molecule has 0 atom stereocenters. The molecule has 3 aromatic heterocycles. The second kappa shape index (κ2) is 7.67. The van der Waals surface area contributed by atoms with E-state index >= 15 is 0 Å². The quantitative estimate of drug-likeness (QED) is 0.276. The van der Waals surface area contributed by atoms with E-state index in [1.165, 1.54) is 34.0 Å². The molecule has 9 heteroatoms. The number of aryl methyl sites for hydroxylation is 3. The zero-order chi connectivity index (χ0) is 19.1. The zero-order valence-corrected chi connectivity index (χ0v) is 18.1. The number of thiophene rings is 1. The van der Waals surface area contributed by atoms with Crippen LogP contribution in [0.4, 0.5) is 0 Å². The summed E-state index contributed by atoms with van der Waals surface area (Å²) in [5, 5.41) is 11.4. The fraction of sp³-hybridized carbons (Fsp3) is 0.263. The van der Waals surface area contributed by atoms with Crippen molar-refractivity contribution in [3.05, 3.63) is 51.4 Å². The molecule has 1 aliphatic carbocycles. The van der Waals surface area contributed by atoms with Gasteiger partial charge in [0, 0.05) is 27.1 Å². The first-order valence-electron chi connectivity index (χ1n) is 8.83. The van der Waals surface area contributed by atoms with Crippen LogP contribution in [0.25, 0.3) is 10.2 Å². The Morgan fingerprint density at radius 2 is 2.00 bits per heavy atom. The summed E-state index contributed by atoms with van der Waals surface area (Å²) < 4.78 is 5.58. The van der Waals surface area contributed by atoms with E-state index in [9.17, 15) is 0 Å². The van der Waals surface area contributed by atoms with Crippen molar-refractivity contribution >= 4 is 56.7 Å². The Balaban J connectivity index is 1.50. The van der Waals surface area contributed by atoms with Crippen molar-refractivity contribution < 1.29 is 4.42 Å². The van der Waals surface area contributed by atoms with Gasteiger partial charge in [-0.15, -0.1) is 33.3 Å². The van der Waals surface area contributed by atoms with Crippen molar-refractivity contribution in [3.8, 4) is 0 Å². The minimum atomic E-state index is 0.520. The molecule has 142 valence electrons. The van der Waals surface area contributed by atoms with Crippen LogP contribution in [0.5, 0.6) is 0 Å². The second-order valence-corrected chi connectivity index (χ2v) is 9.92. The highest BCUT2D eigenvalue weighted by Crippen LogP contribution is 2.42. The lowest BCUT2D eigenvalue weighted by Crippen LogP contribution is -1.96. The van der Waals surface area contributed by atoms with Crippen molar-refractivity contribution in [1.29, 1.82) is 0 Å². The second-order valence-electron chi connectivity index (χ2n) is 6.41. The Labute approximate surface area is 179 Å². The molecule has 0 saturated carbocycles. The molecular weight excluding hydrogens is 432 g/mol. The van der Waals surface area contributed by atoms with E-state index < -0.39 is 0 Å². The summed E-state index contributed by atoms with van der Waals surface area (Å²) in [6, 6.07) is 7.83. The van der Waals surface area contributed by atoms with Gasteiger partial charge in [-0.05, 0) is 60.9 Å². The van der Waals surface area contributed by atoms with Gasteiger partial charge in [0.15, 0.2) is 0 Å². The lowest BCUT2D eigenvalue weighted by atomic mass is 10.2. The van der Waals surface area contributed by atoms with E-state index in [0.29, 0.717) is 16.9 Å². The molecule has 1 aromatic carbocycles. The first-order valence-corrected chi connectivity index (χ1v) is 11.8. The molecular formula is C19H15ClN4OS3. The molecule has 5 nitrogen and oxygen atoms in total. The number of aromatic nitrogens is 4. The first-order chi connectivity index (χ1) is 13.7. The molecule has 4 aromatic rings. The van der Waals surface area contributed by atoms with Crippen LogP contribution in [0.3, 0.4) is 0 Å². The number of hydrogen-bond acceptors (Lipinski definition) is 8. The molecule has 0 N–H and O–H groups in total. The van der Waals surface area contributed by atoms with Gasteiger partial charge in [0.2, 0.25) is 5.89 Å². The number of nitrogens with zero attached hydrogens (tertiary/aromatic N) is 4. The highest BCUT2D eigenvalue weighted by atomic mass is 35.5.